The zero-order valence-corrected chi connectivity index (χ0v) is 12.7. The number of carbonyl (C=O) groups is 1. The number of carbonyl (C=O) groups excluding carboxylic acids is 1. The van der Waals surface area contributed by atoms with Gasteiger partial charge in [-0.2, -0.15) is 0 Å². The molecule has 3 N–H and O–H groups in total. The molecule has 1 unspecified atom stereocenters. The van der Waals surface area contributed by atoms with E-state index in [1.165, 1.54) is 12.8 Å². The van der Waals surface area contributed by atoms with Gasteiger partial charge in [0.15, 0.2) is 0 Å². The van der Waals surface area contributed by atoms with Gasteiger partial charge in [0.2, 0.25) is 5.91 Å². The summed E-state index contributed by atoms with van der Waals surface area (Å²) in [5.74, 6) is 0.856. The first kappa shape index (κ1) is 16.4. The summed E-state index contributed by atoms with van der Waals surface area (Å²) >= 11 is 0. The van der Waals surface area contributed by atoms with Crippen molar-refractivity contribution in [3.05, 3.63) is 0 Å². The van der Waals surface area contributed by atoms with Gasteiger partial charge in [0, 0.05) is 13.0 Å². The van der Waals surface area contributed by atoms with E-state index in [4.69, 9.17) is 0 Å². The van der Waals surface area contributed by atoms with E-state index in [1.54, 1.807) is 6.92 Å². The molecule has 1 atom stereocenters. The van der Waals surface area contributed by atoms with E-state index in [0.29, 0.717) is 25.3 Å². The lowest BCUT2D eigenvalue weighted by Crippen LogP contribution is -2.36. The zero-order chi connectivity index (χ0) is 14.3. The lowest BCUT2D eigenvalue weighted by atomic mass is 9.87. The van der Waals surface area contributed by atoms with Crippen LogP contribution in [-0.4, -0.2) is 36.8 Å². The maximum absolute atomic E-state index is 11.8. The Balaban J connectivity index is 2.16. The van der Waals surface area contributed by atoms with Crippen LogP contribution in [0, 0.1) is 11.3 Å². The molecule has 0 bridgehead atoms. The Morgan fingerprint density at radius 3 is 2.63 bits per heavy atom. The fourth-order valence-corrected chi connectivity index (χ4v) is 2.80. The van der Waals surface area contributed by atoms with Crippen molar-refractivity contribution in [2.45, 2.75) is 59.0 Å². The summed E-state index contributed by atoms with van der Waals surface area (Å²) in [6.07, 6.45) is 4.42. The molecular weight excluding hydrogens is 240 g/mol. The predicted molar refractivity (Wildman–Crippen MR) is 77.9 cm³/mol. The van der Waals surface area contributed by atoms with E-state index in [9.17, 15) is 9.90 Å². The molecule has 0 aromatic carbocycles. The van der Waals surface area contributed by atoms with Crippen molar-refractivity contribution < 1.29 is 9.90 Å². The van der Waals surface area contributed by atoms with Crippen LogP contribution in [0.15, 0.2) is 0 Å². The minimum atomic E-state index is -0.318. The number of aliphatic hydroxyl groups excluding tert-OH is 1. The number of hydrogen-bond donors (Lipinski definition) is 3. The Labute approximate surface area is 117 Å². The van der Waals surface area contributed by atoms with Gasteiger partial charge < -0.3 is 15.7 Å². The third-order valence-corrected chi connectivity index (χ3v) is 3.85. The number of amides is 1. The highest BCUT2D eigenvalue weighted by molar-refractivity contribution is 5.75. The SMILES string of the molecule is CC(O)CC(C)(C)CNC(=O)CCC1CCNCC1. The molecule has 0 spiro atoms. The third kappa shape index (κ3) is 7.53. The second kappa shape index (κ2) is 7.85. The molecule has 0 aliphatic carbocycles. The molecular formula is C15H30N2O2. The summed E-state index contributed by atoms with van der Waals surface area (Å²) in [6.45, 7) is 8.77. The van der Waals surface area contributed by atoms with E-state index in [-0.39, 0.29) is 17.4 Å². The van der Waals surface area contributed by atoms with Crippen molar-refractivity contribution in [1.82, 2.24) is 10.6 Å². The van der Waals surface area contributed by atoms with Crippen molar-refractivity contribution in [2.24, 2.45) is 11.3 Å². The molecule has 19 heavy (non-hydrogen) atoms. The van der Waals surface area contributed by atoms with Gasteiger partial charge in [-0.25, -0.2) is 0 Å². The molecule has 4 heteroatoms. The largest absolute Gasteiger partial charge is 0.393 e. The van der Waals surface area contributed by atoms with Gasteiger partial charge in [0.05, 0.1) is 6.10 Å². The number of nitrogens with one attached hydrogen (secondary N) is 2. The van der Waals surface area contributed by atoms with E-state index >= 15 is 0 Å². The van der Waals surface area contributed by atoms with Gasteiger partial charge in [-0.1, -0.05) is 13.8 Å². The quantitative estimate of drug-likeness (QED) is 0.659. The molecule has 1 heterocycles. The molecule has 112 valence electrons. The van der Waals surface area contributed by atoms with Crippen LogP contribution in [-0.2, 0) is 4.79 Å². The average molecular weight is 270 g/mol. The lowest BCUT2D eigenvalue weighted by Gasteiger charge is -2.27. The number of rotatable bonds is 7. The Hall–Kier alpha value is -0.610. The Morgan fingerprint density at radius 2 is 2.05 bits per heavy atom. The van der Waals surface area contributed by atoms with Crippen LogP contribution in [0.1, 0.15) is 52.9 Å². The minimum absolute atomic E-state index is 0.0431. The van der Waals surface area contributed by atoms with E-state index in [0.717, 1.165) is 19.5 Å². The molecule has 0 saturated carbocycles. The molecule has 0 radical (unpaired) electrons. The molecule has 4 nitrogen and oxygen atoms in total. The smallest absolute Gasteiger partial charge is 0.220 e. The first-order valence-corrected chi connectivity index (χ1v) is 7.54. The zero-order valence-electron chi connectivity index (χ0n) is 12.7. The van der Waals surface area contributed by atoms with Crippen molar-refractivity contribution in [3.63, 3.8) is 0 Å². The van der Waals surface area contributed by atoms with Gasteiger partial charge >= 0.3 is 0 Å². The molecule has 1 aliphatic heterocycles. The summed E-state index contributed by atoms with van der Waals surface area (Å²) in [5, 5.41) is 15.8. The highest BCUT2D eigenvalue weighted by Gasteiger charge is 2.21. The third-order valence-electron chi connectivity index (χ3n) is 3.85. The Bertz CT molecular complexity index is 271. The minimum Gasteiger partial charge on any atom is -0.393 e. The van der Waals surface area contributed by atoms with Gasteiger partial charge in [0.25, 0.3) is 0 Å². The molecule has 0 aromatic heterocycles. The van der Waals surface area contributed by atoms with Crippen molar-refractivity contribution >= 4 is 5.91 Å². The molecule has 1 rings (SSSR count). The maximum atomic E-state index is 11.8. The van der Waals surface area contributed by atoms with E-state index < -0.39 is 0 Å². The maximum Gasteiger partial charge on any atom is 0.220 e. The van der Waals surface area contributed by atoms with E-state index in [2.05, 4.69) is 24.5 Å². The fourth-order valence-electron chi connectivity index (χ4n) is 2.80. The molecule has 1 amide bonds. The number of piperidine rings is 1. The highest BCUT2D eigenvalue weighted by Crippen LogP contribution is 2.21. The van der Waals surface area contributed by atoms with Gasteiger partial charge in [-0.3, -0.25) is 4.79 Å². The second-order valence-electron chi connectivity index (χ2n) is 6.73. The normalized spacial score (nSPS) is 19.2. The summed E-state index contributed by atoms with van der Waals surface area (Å²) in [4.78, 5) is 11.8. The van der Waals surface area contributed by atoms with Gasteiger partial charge in [-0.05, 0) is 57.0 Å². The molecule has 1 aliphatic rings. The fraction of sp³-hybridized carbons (Fsp3) is 0.933. The van der Waals surface area contributed by atoms with Gasteiger partial charge in [-0.15, -0.1) is 0 Å². The van der Waals surface area contributed by atoms with Crippen molar-refractivity contribution in [2.75, 3.05) is 19.6 Å². The average Bonchev–Trinajstić information content (AvgIpc) is 2.34. The molecule has 1 saturated heterocycles. The Kier molecular flexibility index (Phi) is 6.80. The topological polar surface area (TPSA) is 61.4 Å². The second-order valence-corrected chi connectivity index (χ2v) is 6.73. The lowest BCUT2D eigenvalue weighted by molar-refractivity contribution is -0.122. The monoisotopic (exact) mass is 270 g/mol. The Morgan fingerprint density at radius 1 is 1.42 bits per heavy atom. The van der Waals surface area contributed by atoms with Crippen LogP contribution >= 0.6 is 0 Å². The number of hydrogen-bond acceptors (Lipinski definition) is 3. The highest BCUT2D eigenvalue weighted by atomic mass is 16.3. The number of aliphatic hydroxyl groups is 1. The molecule has 0 aromatic rings. The van der Waals surface area contributed by atoms with Crippen LogP contribution in [0.25, 0.3) is 0 Å². The van der Waals surface area contributed by atoms with Crippen molar-refractivity contribution in [3.8, 4) is 0 Å². The van der Waals surface area contributed by atoms with Crippen LogP contribution in [0.3, 0.4) is 0 Å². The van der Waals surface area contributed by atoms with Crippen LogP contribution in [0.5, 0.6) is 0 Å². The summed E-state index contributed by atoms with van der Waals surface area (Å²) < 4.78 is 0. The van der Waals surface area contributed by atoms with Crippen LogP contribution in [0.2, 0.25) is 0 Å². The standard InChI is InChI=1S/C15H30N2O2/c1-12(18)10-15(2,3)11-17-14(19)5-4-13-6-8-16-9-7-13/h12-13,16,18H,4-11H2,1-3H3,(H,17,19). The first-order chi connectivity index (χ1) is 8.89. The predicted octanol–water partition coefficient (Wildman–Crippen LogP) is 1.68. The van der Waals surface area contributed by atoms with Crippen LogP contribution in [0.4, 0.5) is 0 Å². The van der Waals surface area contributed by atoms with Crippen molar-refractivity contribution in [1.29, 1.82) is 0 Å². The van der Waals surface area contributed by atoms with Gasteiger partial charge in [0.1, 0.15) is 0 Å². The molecule has 1 fully saturated rings. The van der Waals surface area contributed by atoms with Crippen LogP contribution < -0.4 is 10.6 Å². The first-order valence-electron chi connectivity index (χ1n) is 7.54. The van der Waals surface area contributed by atoms with E-state index in [1.807, 2.05) is 0 Å². The summed E-state index contributed by atoms with van der Waals surface area (Å²) in [6, 6.07) is 0. The summed E-state index contributed by atoms with van der Waals surface area (Å²) in [7, 11) is 0. The summed E-state index contributed by atoms with van der Waals surface area (Å²) in [5.41, 5.74) is -0.0431.